The first kappa shape index (κ1) is 26.6. The van der Waals surface area contributed by atoms with Crippen molar-refractivity contribution in [3.05, 3.63) is 69.4 Å². The molecule has 0 radical (unpaired) electrons. The molecule has 0 heterocycles. The van der Waals surface area contributed by atoms with Crippen molar-refractivity contribution in [3.8, 4) is 5.75 Å². The molecule has 0 aliphatic heterocycles. The third-order valence-corrected chi connectivity index (χ3v) is 8.60. The number of hydrogen-bond acceptors (Lipinski definition) is 6. The Hall–Kier alpha value is -1.44. The molecule has 0 fully saturated rings. The van der Waals surface area contributed by atoms with Crippen molar-refractivity contribution in [2.24, 2.45) is 0 Å². The molecule has 1 N–H and O–H groups in total. The van der Waals surface area contributed by atoms with Crippen molar-refractivity contribution in [2.75, 3.05) is 6.61 Å². The average molecular weight is 838 g/mol. The number of rotatable bonds is 6. The maximum Gasteiger partial charge on any atom is 0.402 e. The van der Waals surface area contributed by atoms with E-state index in [1.165, 1.54) is 6.07 Å². The number of alkyl halides is 2. The summed E-state index contributed by atoms with van der Waals surface area (Å²) >= 11 is 5.41. The van der Waals surface area contributed by atoms with Crippen LogP contribution >= 0.6 is 67.8 Å². The van der Waals surface area contributed by atoms with Crippen molar-refractivity contribution in [2.45, 2.75) is 5.25 Å². The van der Waals surface area contributed by atoms with Gasteiger partial charge in [0.2, 0.25) is 0 Å². The predicted octanol–water partition coefficient (Wildman–Crippen LogP) is 5.99. The van der Waals surface area contributed by atoms with E-state index in [0.29, 0.717) is 18.1 Å². The highest BCUT2D eigenvalue weighted by atomic mass is 127. The molecule has 0 saturated heterocycles. The zero-order chi connectivity index (χ0) is 25.7. The lowest BCUT2D eigenvalue weighted by Crippen LogP contribution is -2.34. The molecule has 0 spiro atoms. The SMILES string of the molecule is O=C(OCC(F)(F)S(=O)(=O)O)c1c(I)cc(I)c(OC(=O)c2ccc3c4c(cccc24)C=C3)c1I. The first-order chi connectivity index (χ1) is 16.3. The Morgan fingerprint density at radius 3 is 2.29 bits per heavy atom. The number of esters is 2. The topological polar surface area (TPSA) is 107 Å². The normalized spacial score (nSPS) is 12.7. The Morgan fingerprint density at radius 1 is 0.971 bits per heavy atom. The average Bonchev–Trinajstić information content (AvgIpc) is 3.19. The summed E-state index contributed by atoms with van der Waals surface area (Å²) in [5.74, 6) is -1.94. The lowest BCUT2D eigenvalue weighted by molar-refractivity contribution is -0.00967. The zero-order valence-corrected chi connectivity index (χ0v) is 24.3. The van der Waals surface area contributed by atoms with Crippen molar-refractivity contribution in [3.63, 3.8) is 0 Å². The van der Waals surface area contributed by atoms with E-state index in [0.717, 1.165) is 16.5 Å². The van der Waals surface area contributed by atoms with Crippen LogP contribution in [-0.2, 0) is 14.9 Å². The number of halogens is 5. The Bertz CT molecular complexity index is 1540. The van der Waals surface area contributed by atoms with E-state index in [1.807, 2.05) is 46.9 Å². The van der Waals surface area contributed by atoms with Crippen LogP contribution < -0.4 is 4.74 Å². The van der Waals surface area contributed by atoms with Crippen LogP contribution in [0.15, 0.2) is 36.4 Å². The van der Waals surface area contributed by atoms with Crippen LogP contribution in [0.1, 0.15) is 31.8 Å². The fraction of sp³-hybridized carbons (Fsp3) is 0.0909. The number of hydrogen-bond donors (Lipinski definition) is 1. The second-order valence-electron chi connectivity index (χ2n) is 7.24. The molecule has 35 heavy (non-hydrogen) atoms. The highest BCUT2D eigenvalue weighted by Gasteiger charge is 2.46. The summed E-state index contributed by atoms with van der Waals surface area (Å²) in [6, 6.07) is 10.5. The van der Waals surface area contributed by atoms with E-state index in [9.17, 15) is 26.8 Å². The summed E-state index contributed by atoms with van der Waals surface area (Å²) in [6.07, 6.45) is 3.89. The van der Waals surface area contributed by atoms with Crippen LogP contribution in [-0.4, -0.2) is 36.8 Å². The molecule has 1 aliphatic carbocycles. The number of carbonyl (C=O) groups is 2. The standard InChI is InChI=1S/C22H11F2I3O7S/c23-22(24,35(30,31)32)9-33-21(29)17-14(25)8-15(26)19(18(17)27)34-20(28)13-7-6-11-5-4-10-2-1-3-12(13)16(10)11/h1-8H,9H2,(H,30,31,32). The minimum atomic E-state index is -5.77. The molecular weight excluding hydrogens is 827 g/mol. The summed E-state index contributed by atoms with van der Waals surface area (Å²) in [6.45, 7) is -1.88. The Morgan fingerprint density at radius 2 is 1.63 bits per heavy atom. The van der Waals surface area contributed by atoms with Crippen molar-refractivity contribution < 1.29 is 40.8 Å². The van der Waals surface area contributed by atoms with Crippen molar-refractivity contribution in [1.82, 2.24) is 0 Å². The first-order valence-electron chi connectivity index (χ1n) is 9.47. The predicted molar refractivity (Wildman–Crippen MR) is 149 cm³/mol. The molecule has 0 atom stereocenters. The van der Waals surface area contributed by atoms with Gasteiger partial charge in [-0.2, -0.15) is 17.2 Å². The Balaban J connectivity index is 1.66. The second kappa shape index (κ2) is 9.79. The highest BCUT2D eigenvalue weighted by molar-refractivity contribution is 14.1. The molecule has 3 aromatic rings. The maximum atomic E-state index is 13.5. The van der Waals surface area contributed by atoms with Crippen LogP contribution in [0.2, 0.25) is 0 Å². The van der Waals surface area contributed by atoms with E-state index >= 15 is 0 Å². The fourth-order valence-electron chi connectivity index (χ4n) is 3.40. The van der Waals surface area contributed by atoms with Crippen LogP contribution in [0.3, 0.4) is 0 Å². The van der Waals surface area contributed by atoms with E-state index in [4.69, 9.17) is 9.29 Å². The van der Waals surface area contributed by atoms with Crippen LogP contribution in [0.5, 0.6) is 5.75 Å². The monoisotopic (exact) mass is 838 g/mol. The summed E-state index contributed by atoms with van der Waals surface area (Å²) < 4.78 is 68.2. The molecule has 13 heteroatoms. The van der Waals surface area contributed by atoms with Gasteiger partial charge in [-0.3, -0.25) is 4.55 Å². The quantitative estimate of drug-likeness (QED) is 0.110. The van der Waals surface area contributed by atoms with Crippen LogP contribution in [0.25, 0.3) is 22.9 Å². The van der Waals surface area contributed by atoms with Gasteiger partial charge in [-0.05, 0) is 102 Å². The number of carbonyl (C=O) groups excluding carboxylic acids is 2. The maximum absolute atomic E-state index is 13.5. The van der Waals surface area contributed by atoms with Crippen LogP contribution in [0, 0.1) is 10.7 Å². The van der Waals surface area contributed by atoms with Gasteiger partial charge in [-0.15, -0.1) is 0 Å². The molecule has 4 rings (SSSR count). The zero-order valence-electron chi connectivity index (χ0n) is 17.0. The molecule has 7 nitrogen and oxygen atoms in total. The molecule has 0 unspecified atom stereocenters. The summed E-state index contributed by atoms with van der Waals surface area (Å²) in [5.41, 5.74) is 2.05. The molecular formula is C22H11F2I3O7S. The number of benzene rings is 3. The smallest absolute Gasteiger partial charge is 0.402 e. The first-order valence-corrected chi connectivity index (χ1v) is 14.1. The minimum absolute atomic E-state index is 0.0199. The van der Waals surface area contributed by atoms with Gasteiger partial charge in [-0.25, -0.2) is 9.59 Å². The van der Waals surface area contributed by atoms with Gasteiger partial charge in [0.15, 0.2) is 12.4 Å². The largest absolute Gasteiger partial charge is 0.454 e. The lowest BCUT2D eigenvalue weighted by atomic mass is 9.99. The van der Waals surface area contributed by atoms with Gasteiger partial charge < -0.3 is 9.47 Å². The summed E-state index contributed by atoms with van der Waals surface area (Å²) in [7, 11) is -5.77. The van der Waals surface area contributed by atoms with Gasteiger partial charge in [-0.1, -0.05) is 36.4 Å². The molecule has 1 aliphatic rings. The third kappa shape index (κ3) is 5.05. The Kier molecular flexibility index (Phi) is 7.44. The highest BCUT2D eigenvalue weighted by Crippen LogP contribution is 2.37. The molecule has 0 aromatic heterocycles. The third-order valence-electron chi connectivity index (χ3n) is 5.04. The van der Waals surface area contributed by atoms with E-state index in [2.05, 4.69) is 4.74 Å². The second-order valence-corrected chi connectivity index (χ2v) is 12.2. The van der Waals surface area contributed by atoms with Crippen molar-refractivity contribution in [1.29, 1.82) is 0 Å². The van der Waals surface area contributed by atoms with E-state index in [1.54, 1.807) is 63.4 Å². The molecule has 182 valence electrons. The molecule has 0 saturated carbocycles. The molecule has 0 amide bonds. The minimum Gasteiger partial charge on any atom is -0.454 e. The van der Waals surface area contributed by atoms with Gasteiger partial charge in [0, 0.05) is 3.57 Å². The van der Waals surface area contributed by atoms with Gasteiger partial charge >= 0.3 is 27.3 Å². The molecule has 3 aromatic carbocycles. The van der Waals surface area contributed by atoms with Gasteiger partial charge in [0.25, 0.3) is 0 Å². The van der Waals surface area contributed by atoms with Crippen LogP contribution in [0.4, 0.5) is 8.78 Å². The Labute approximate surface area is 238 Å². The van der Waals surface area contributed by atoms with Gasteiger partial charge in [0.1, 0.15) is 0 Å². The van der Waals surface area contributed by atoms with E-state index < -0.39 is 33.9 Å². The summed E-state index contributed by atoms with van der Waals surface area (Å²) in [5, 5.41) is -3.07. The number of ether oxygens (including phenoxy) is 2. The molecule has 0 bridgehead atoms. The summed E-state index contributed by atoms with van der Waals surface area (Å²) in [4.78, 5) is 25.7. The fourth-order valence-corrected chi connectivity index (χ4v) is 7.63. The lowest BCUT2D eigenvalue weighted by Gasteiger charge is -2.16. The van der Waals surface area contributed by atoms with Crippen molar-refractivity contribution >= 4 is 113 Å². The van der Waals surface area contributed by atoms with Gasteiger partial charge in [0.05, 0.1) is 18.3 Å². The van der Waals surface area contributed by atoms with E-state index in [-0.39, 0.29) is 14.9 Å².